The smallest absolute Gasteiger partial charge is 0.416 e. The summed E-state index contributed by atoms with van der Waals surface area (Å²) in [5, 5.41) is 7.51. The van der Waals surface area contributed by atoms with E-state index in [-0.39, 0.29) is 0 Å². The van der Waals surface area contributed by atoms with E-state index >= 15 is 0 Å². The Morgan fingerprint density at radius 1 is 1.06 bits per heavy atom. The van der Waals surface area contributed by atoms with Crippen molar-refractivity contribution in [3.05, 3.63) is 42.0 Å². The summed E-state index contributed by atoms with van der Waals surface area (Å²) in [6, 6.07) is 8.04. The van der Waals surface area contributed by atoms with Crippen molar-refractivity contribution >= 4 is 0 Å². The molecule has 0 spiro atoms. The molecule has 1 aromatic carbocycles. The summed E-state index contributed by atoms with van der Waals surface area (Å²) < 4.78 is 42.5. The summed E-state index contributed by atoms with van der Waals surface area (Å²) in [5.74, 6) is 0.311. The lowest BCUT2D eigenvalue weighted by Gasteiger charge is -2.08. The zero-order valence-electron chi connectivity index (χ0n) is 9.40. The SMILES string of the molecule is COc1ccc(-c2cccc(C(F)(F)F)c2)nn1. The average molecular weight is 254 g/mol. The molecule has 0 N–H and O–H groups in total. The Labute approximate surface area is 101 Å². The normalized spacial score (nSPS) is 11.3. The first-order chi connectivity index (χ1) is 8.50. The zero-order chi connectivity index (χ0) is 13.2. The molecule has 1 aromatic heterocycles. The Balaban J connectivity index is 2.38. The largest absolute Gasteiger partial charge is 0.480 e. The maximum Gasteiger partial charge on any atom is 0.416 e. The van der Waals surface area contributed by atoms with Gasteiger partial charge in [-0.2, -0.15) is 13.2 Å². The van der Waals surface area contributed by atoms with Crippen LogP contribution in [-0.4, -0.2) is 17.3 Å². The van der Waals surface area contributed by atoms with Gasteiger partial charge in [0.2, 0.25) is 5.88 Å². The Morgan fingerprint density at radius 3 is 2.39 bits per heavy atom. The first kappa shape index (κ1) is 12.3. The molecule has 0 saturated carbocycles. The standard InChI is InChI=1S/C12H9F3N2O/c1-18-11-6-5-10(16-17-11)8-3-2-4-9(7-8)12(13,14)15/h2-7H,1H3. The fraction of sp³-hybridized carbons (Fsp3) is 0.167. The van der Waals surface area contributed by atoms with Crippen molar-refractivity contribution in [3.8, 4) is 17.1 Å². The van der Waals surface area contributed by atoms with E-state index in [4.69, 9.17) is 4.74 Å². The molecule has 0 saturated heterocycles. The van der Waals surface area contributed by atoms with Crippen LogP contribution in [0.5, 0.6) is 5.88 Å². The molecule has 0 bridgehead atoms. The van der Waals surface area contributed by atoms with Crippen LogP contribution < -0.4 is 4.74 Å². The van der Waals surface area contributed by atoms with Gasteiger partial charge in [-0.1, -0.05) is 12.1 Å². The number of alkyl halides is 3. The van der Waals surface area contributed by atoms with Crippen LogP contribution in [0.2, 0.25) is 0 Å². The topological polar surface area (TPSA) is 35.0 Å². The highest BCUT2D eigenvalue weighted by atomic mass is 19.4. The van der Waals surface area contributed by atoms with Gasteiger partial charge in [0.05, 0.1) is 18.4 Å². The summed E-state index contributed by atoms with van der Waals surface area (Å²) in [6.07, 6.45) is -4.37. The third-order valence-electron chi connectivity index (χ3n) is 2.33. The van der Waals surface area contributed by atoms with Crippen molar-refractivity contribution < 1.29 is 17.9 Å². The number of hydrogen-bond donors (Lipinski definition) is 0. The van der Waals surface area contributed by atoms with Crippen molar-refractivity contribution in [2.45, 2.75) is 6.18 Å². The van der Waals surface area contributed by atoms with Gasteiger partial charge in [0.15, 0.2) is 0 Å². The molecular weight excluding hydrogens is 245 g/mol. The van der Waals surface area contributed by atoms with Gasteiger partial charge in [-0.25, -0.2) is 0 Å². The van der Waals surface area contributed by atoms with E-state index < -0.39 is 11.7 Å². The van der Waals surface area contributed by atoms with Gasteiger partial charge in [-0.05, 0) is 18.2 Å². The van der Waals surface area contributed by atoms with Crippen molar-refractivity contribution in [2.24, 2.45) is 0 Å². The second kappa shape index (κ2) is 4.64. The molecule has 0 amide bonds. The van der Waals surface area contributed by atoms with Crippen LogP contribution in [0.4, 0.5) is 13.2 Å². The summed E-state index contributed by atoms with van der Waals surface area (Å²) in [4.78, 5) is 0. The first-order valence-corrected chi connectivity index (χ1v) is 5.06. The van der Waals surface area contributed by atoms with E-state index in [1.807, 2.05) is 0 Å². The number of ether oxygens (including phenoxy) is 1. The highest BCUT2D eigenvalue weighted by Crippen LogP contribution is 2.31. The fourth-order valence-electron chi connectivity index (χ4n) is 1.44. The number of rotatable bonds is 2. The van der Waals surface area contributed by atoms with Crippen molar-refractivity contribution in [3.63, 3.8) is 0 Å². The van der Waals surface area contributed by atoms with Gasteiger partial charge in [0.25, 0.3) is 0 Å². The molecule has 0 aliphatic heterocycles. The highest BCUT2D eigenvalue weighted by molar-refractivity contribution is 5.59. The molecular formula is C12H9F3N2O. The number of methoxy groups -OCH3 is 1. The van der Waals surface area contributed by atoms with Crippen LogP contribution in [0.3, 0.4) is 0 Å². The maximum absolute atomic E-state index is 12.5. The molecule has 0 unspecified atom stereocenters. The molecule has 3 nitrogen and oxygen atoms in total. The Hall–Kier alpha value is -2.11. The van der Waals surface area contributed by atoms with E-state index in [1.165, 1.54) is 13.2 Å². The van der Waals surface area contributed by atoms with Gasteiger partial charge in [0, 0.05) is 11.6 Å². The molecule has 1 heterocycles. The molecule has 18 heavy (non-hydrogen) atoms. The van der Waals surface area contributed by atoms with Gasteiger partial charge < -0.3 is 4.74 Å². The van der Waals surface area contributed by atoms with Crippen LogP contribution in [0, 0.1) is 0 Å². The van der Waals surface area contributed by atoms with Gasteiger partial charge >= 0.3 is 6.18 Å². The lowest BCUT2D eigenvalue weighted by atomic mass is 10.1. The summed E-state index contributed by atoms with van der Waals surface area (Å²) in [5.41, 5.74) is 0.0134. The summed E-state index contributed by atoms with van der Waals surface area (Å²) in [6.45, 7) is 0. The molecule has 0 aliphatic carbocycles. The van der Waals surface area contributed by atoms with Gasteiger partial charge in [-0.15, -0.1) is 10.2 Å². The van der Waals surface area contributed by atoms with E-state index in [0.717, 1.165) is 12.1 Å². The van der Waals surface area contributed by atoms with Crippen LogP contribution in [0.15, 0.2) is 36.4 Å². The minimum Gasteiger partial charge on any atom is -0.480 e. The summed E-state index contributed by atoms with van der Waals surface area (Å²) >= 11 is 0. The Kier molecular flexibility index (Phi) is 3.18. The highest BCUT2D eigenvalue weighted by Gasteiger charge is 2.30. The van der Waals surface area contributed by atoms with Crippen molar-refractivity contribution in [2.75, 3.05) is 7.11 Å². The molecule has 2 aromatic rings. The number of nitrogens with zero attached hydrogens (tertiary/aromatic N) is 2. The maximum atomic E-state index is 12.5. The monoisotopic (exact) mass is 254 g/mol. The number of aromatic nitrogens is 2. The zero-order valence-corrected chi connectivity index (χ0v) is 9.40. The molecule has 94 valence electrons. The average Bonchev–Trinajstić information content (AvgIpc) is 2.38. The fourth-order valence-corrected chi connectivity index (χ4v) is 1.44. The number of hydrogen-bond acceptors (Lipinski definition) is 3. The number of benzene rings is 1. The second-order valence-electron chi connectivity index (χ2n) is 3.54. The summed E-state index contributed by atoms with van der Waals surface area (Å²) in [7, 11) is 1.44. The van der Waals surface area contributed by atoms with Crippen LogP contribution >= 0.6 is 0 Å². The molecule has 0 radical (unpaired) electrons. The van der Waals surface area contributed by atoms with Gasteiger partial charge in [0.1, 0.15) is 0 Å². The molecule has 0 fully saturated rings. The van der Waals surface area contributed by atoms with Crippen LogP contribution in [0.25, 0.3) is 11.3 Å². The Morgan fingerprint density at radius 2 is 1.83 bits per heavy atom. The minimum absolute atomic E-state index is 0.311. The van der Waals surface area contributed by atoms with Crippen molar-refractivity contribution in [1.82, 2.24) is 10.2 Å². The van der Waals surface area contributed by atoms with E-state index in [2.05, 4.69) is 10.2 Å². The first-order valence-electron chi connectivity index (χ1n) is 5.06. The van der Waals surface area contributed by atoms with E-state index in [1.54, 1.807) is 18.2 Å². The predicted octanol–water partition coefficient (Wildman–Crippen LogP) is 3.17. The Bertz CT molecular complexity index is 538. The molecule has 2 rings (SSSR count). The third kappa shape index (κ3) is 2.58. The molecule has 0 atom stereocenters. The van der Waals surface area contributed by atoms with Gasteiger partial charge in [-0.3, -0.25) is 0 Å². The van der Waals surface area contributed by atoms with Crippen LogP contribution in [0.1, 0.15) is 5.56 Å². The lowest BCUT2D eigenvalue weighted by molar-refractivity contribution is -0.137. The third-order valence-corrected chi connectivity index (χ3v) is 2.33. The lowest BCUT2D eigenvalue weighted by Crippen LogP contribution is -2.04. The van der Waals surface area contributed by atoms with E-state index in [0.29, 0.717) is 17.1 Å². The van der Waals surface area contributed by atoms with E-state index in [9.17, 15) is 13.2 Å². The second-order valence-corrected chi connectivity index (χ2v) is 3.54. The van der Waals surface area contributed by atoms with Crippen molar-refractivity contribution in [1.29, 1.82) is 0 Å². The molecule has 0 aliphatic rings. The predicted molar refractivity (Wildman–Crippen MR) is 59.0 cm³/mol. The molecule has 6 heteroatoms. The van der Waals surface area contributed by atoms with Crippen LogP contribution in [-0.2, 0) is 6.18 Å². The quantitative estimate of drug-likeness (QED) is 0.825. The number of halogens is 3. The minimum atomic E-state index is -4.37.